The first-order valence-corrected chi connectivity index (χ1v) is 12.5. The number of benzene rings is 3. The van der Waals surface area contributed by atoms with Gasteiger partial charge in [0.1, 0.15) is 17.2 Å². The third-order valence-electron chi connectivity index (χ3n) is 5.52. The van der Waals surface area contributed by atoms with E-state index in [0.29, 0.717) is 11.3 Å². The van der Waals surface area contributed by atoms with Crippen LogP contribution in [0, 0.1) is 0 Å². The lowest BCUT2D eigenvalue weighted by Crippen LogP contribution is -2.15. The van der Waals surface area contributed by atoms with E-state index in [9.17, 15) is 4.79 Å². The average Bonchev–Trinajstić information content (AvgIpc) is 2.97. The molecule has 0 bridgehead atoms. The molecule has 0 spiro atoms. The Morgan fingerprint density at radius 3 is 2.13 bits per heavy atom. The Kier molecular flexibility index (Phi) is 4.89. The predicted octanol–water partition coefficient (Wildman–Crippen LogP) is 6.00. The van der Waals surface area contributed by atoms with Gasteiger partial charge in [-0.3, -0.25) is 4.79 Å². The summed E-state index contributed by atoms with van der Waals surface area (Å²) in [4.78, 5) is 13.4. The SMILES string of the molecule is COc1ccc2c(c1)C(=O)c1cc(C(C)(C)C)c3cc(OC)cc(O[Si](C)C)c3c1-2. The van der Waals surface area contributed by atoms with E-state index in [0.717, 1.165) is 44.5 Å². The molecule has 0 amide bonds. The first-order valence-electron chi connectivity index (χ1n) is 10.1. The van der Waals surface area contributed by atoms with Crippen LogP contribution in [0.25, 0.3) is 21.9 Å². The van der Waals surface area contributed by atoms with Gasteiger partial charge in [-0.25, -0.2) is 0 Å². The second kappa shape index (κ2) is 7.17. The van der Waals surface area contributed by atoms with Crippen molar-refractivity contribution in [2.75, 3.05) is 14.2 Å². The van der Waals surface area contributed by atoms with E-state index >= 15 is 0 Å². The van der Waals surface area contributed by atoms with Gasteiger partial charge in [-0.1, -0.05) is 20.8 Å². The van der Waals surface area contributed by atoms with Crippen molar-refractivity contribution in [2.24, 2.45) is 0 Å². The van der Waals surface area contributed by atoms with Crippen LogP contribution < -0.4 is 13.9 Å². The highest BCUT2D eigenvalue weighted by Gasteiger charge is 2.33. The molecule has 3 aromatic carbocycles. The van der Waals surface area contributed by atoms with Gasteiger partial charge in [-0.15, -0.1) is 0 Å². The molecule has 0 aliphatic heterocycles. The number of rotatable bonds is 4. The molecular formula is C25H27O4Si. The summed E-state index contributed by atoms with van der Waals surface area (Å²) in [5.74, 6) is 2.25. The van der Waals surface area contributed by atoms with E-state index in [-0.39, 0.29) is 11.2 Å². The Balaban J connectivity index is 2.18. The van der Waals surface area contributed by atoms with Gasteiger partial charge in [0, 0.05) is 28.1 Å². The number of fused-ring (bicyclic) bond motifs is 5. The van der Waals surface area contributed by atoms with Crippen LogP contribution in [0.5, 0.6) is 17.2 Å². The quantitative estimate of drug-likeness (QED) is 0.381. The summed E-state index contributed by atoms with van der Waals surface area (Å²) in [5, 5.41) is 2.05. The van der Waals surface area contributed by atoms with Crippen LogP contribution in [0.2, 0.25) is 13.1 Å². The Morgan fingerprint density at radius 2 is 1.53 bits per heavy atom. The Morgan fingerprint density at radius 1 is 0.833 bits per heavy atom. The summed E-state index contributed by atoms with van der Waals surface area (Å²) in [6, 6.07) is 11.8. The lowest BCUT2D eigenvalue weighted by Gasteiger charge is -2.25. The second-order valence-corrected chi connectivity index (χ2v) is 10.9. The Bertz CT molecular complexity index is 1170. The van der Waals surface area contributed by atoms with E-state index in [1.165, 1.54) is 0 Å². The third-order valence-corrected chi connectivity index (χ3v) is 6.15. The highest BCUT2D eigenvalue weighted by molar-refractivity contribution is 6.49. The smallest absolute Gasteiger partial charge is 0.274 e. The monoisotopic (exact) mass is 419 g/mol. The van der Waals surface area contributed by atoms with Crippen LogP contribution in [-0.2, 0) is 5.41 Å². The molecule has 30 heavy (non-hydrogen) atoms. The zero-order chi connectivity index (χ0) is 21.8. The molecule has 0 saturated heterocycles. The summed E-state index contributed by atoms with van der Waals surface area (Å²) < 4.78 is 17.3. The molecule has 0 N–H and O–H groups in total. The van der Waals surface area contributed by atoms with Crippen molar-refractivity contribution in [1.82, 2.24) is 0 Å². The van der Waals surface area contributed by atoms with E-state index in [4.69, 9.17) is 13.9 Å². The number of carbonyl (C=O) groups is 1. The molecule has 0 atom stereocenters. The molecule has 155 valence electrons. The molecule has 0 aromatic heterocycles. The maximum Gasteiger partial charge on any atom is 0.274 e. The van der Waals surface area contributed by atoms with Crippen molar-refractivity contribution in [3.8, 4) is 28.4 Å². The first-order chi connectivity index (χ1) is 14.2. The van der Waals surface area contributed by atoms with Gasteiger partial charge in [0.2, 0.25) is 0 Å². The number of ketones is 1. The van der Waals surface area contributed by atoms with Gasteiger partial charge >= 0.3 is 0 Å². The molecule has 0 fully saturated rings. The van der Waals surface area contributed by atoms with E-state index in [1.54, 1.807) is 14.2 Å². The number of ether oxygens (including phenoxy) is 2. The fourth-order valence-corrected chi connectivity index (χ4v) is 4.79. The Labute approximate surface area is 179 Å². The minimum Gasteiger partial charge on any atom is -0.542 e. The molecule has 4 nitrogen and oxygen atoms in total. The topological polar surface area (TPSA) is 44.8 Å². The van der Waals surface area contributed by atoms with Gasteiger partial charge in [0.25, 0.3) is 9.04 Å². The van der Waals surface area contributed by atoms with Crippen LogP contribution in [-0.4, -0.2) is 29.0 Å². The van der Waals surface area contributed by atoms with E-state index < -0.39 is 9.04 Å². The zero-order valence-corrected chi connectivity index (χ0v) is 19.6. The third kappa shape index (κ3) is 3.17. The summed E-state index contributed by atoms with van der Waals surface area (Å²) in [7, 11) is 2.26. The molecule has 1 aliphatic rings. The van der Waals surface area contributed by atoms with Gasteiger partial charge in [0.05, 0.1) is 14.2 Å². The maximum atomic E-state index is 13.4. The highest BCUT2D eigenvalue weighted by atomic mass is 28.3. The minimum atomic E-state index is -1.03. The molecule has 0 unspecified atom stereocenters. The minimum absolute atomic E-state index is 0.0339. The van der Waals surface area contributed by atoms with Crippen molar-refractivity contribution in [3.05, 3.63) is 53.1 Å². The van der Waals surface area contributed by atoms with Crippen molar-refractivity contribution >= 4 is 25.6 Å². The predicted molar refractivity (Wildman–Crippen MR) is 123 cm³/mol. The summed E-state index contributed by atoms with van der Waals surface area (Å²) in [5.41, 5.74) is 4.23. The fraction of sp³-hybridized carbons (Fsp3) is 0.320. The summed E-state index contributed by atoms with van der Waals surface area (Å²) in [6.45, 7) is 10.7. The molecule has 4 rings (SSSR count). The maximum absolute atomic E-state index is 13.4. The molecular weight excluding hydrogens is 392 g/mol. The number of hydrogen-bond acceptors (Lipinski definition) is 4. The van der Waals surface area contributed by atoms with Crippen molar-refractivity contribution in [2.45, 2.75) is 39.3 Å². The van der Waals surface area contributed by atoms with Crippen LogP contribution in [0.1, 0.15) is 42.3 Å². The normalized spacial score (nSPS) is 12.9. The number of methoxy groups -OCH3 is 2. The largest absolute Gasteiger partial charge is 0.542 e. The standard InChI is InChI=1S/C25H27O4Si/c1-25(2,3)20-13-19-22(16-9-8-14(27-4)10-17(16)24(19)26)23-18(20)11-15(28-5)12-21(23)29-30(6)7/h8-13H,1-7H3. The zero-order valence-electron chi connectivity index (χ0n) is 18.6. The Hall–Kier alpha value is -2.79. The van der Waals surface area contributed by atoms with Crippen LogP contribution in [0.3, 0.4) is 0 Å². The first kappa shape index (κ1) is 20.5. The number of hydrogen-bond donors (Lipinski definition) is 0. The van der Waals surface area contributed by atoms with Crippen LogP contribution in [0.15, 0.2) is 36.4 Å². The molecule has 0 saturated carbocycles. The molecule has 3 aromatic rings. The van der Waals surface area contributed by atoms with Crippen molar-refractivity contribution < 1.29 is 18.7 Å². The van der Waals surface area contributed by atoms with Crippen LogP contribution >= 0.6 is 0 Å². The second-order valence-electron chi connectivity index (χ2n) is 8.90. The van der Waals surface area contributed by atoms with Crippen molar-refractivity contribution in [1.29, 1.82) is 0 Å². The van der Waals surface area contributed by atoms with Crippen LogP contribution in [0.4, 0.5) is 0 Å². The molecule has 5 heteroatoms. The summed E-state index contributed by atoms with van der Waals surface area (Å²) in [6.07, 6.45) is 0. The highest BCUT2D eigenvalue weighted by Crippen LogP contribution is 2.49. The van der Waals surface area contributed by atoms with E-state index in [1.807, 2.05) is 24.3 Å². The molecule has 1 radical (unpaired) electrons. The lowest BCUT2D eigenvalue weighted by molar-refractivity contribution is 0.104. The van der Waals surface area contributed by atoms with Gasteiger partial charge in [-0.05, 0) is 65.4 Å². The van der Waals surface area contributed by atoms with Crippen molar-refractivity contribution in [3.63, 3.8) is 0 Å². The van der Waals surface area contributed by atoms with Gasteiger partial charge in [-0.2, -0.15) is 0 Å². The van der Waals surface area contributed by atoms with E-state index in [2.05, 4.69) is 46.0 Å². The average molecular weight is 420 g/mol. The molecule has 0 heterocycles. The van der Waals surface area contributed by atoms with Gasteiger partial charge < -0.3 is 13.9 Å². The molecule has 1 aliphatic carbocycles. The van der Waals surface area contributed by atoms with Gasteiger partial charge in [0.15, 0.2) is 5.78 Å². The fourth-order valence-electron chi connectivity index (χ4n) is 4.19. The summed E-state index contributed by atoms with van der Waals surface area (Å²) >= 11 is 0. The number of carbonyl (C=O) groups excluding carboxylic acids is 1. The lowest BCUT2D eigenvalue weighted by atomic mass is 9.80.